The predicted molar refractivity (Wildman–Crippen MR) is 68.9 cm³/mol. The van der Waals surface area contributed by atoms with E-state index in [1.54, 1.807) is 0 Å². The van der Waals surface area contributed by atoms with Crippen molar-refractivity contribution in [1.82, 2.24) is 10.2 Å². The first-order chi connectivity index (χ1) is 8.13. The average molecular weight is 242 g/mol. The molecule has 1 heterocycles. The van der Waals surface area contributed by atoms with Crippen LogP contribution in [0.3, 0.4) is 0 Å². The van der Waals surface area contributed by atoms with Gasteiger partial charge >= 0.3 is 5.97 Å². The van der Waals surface area contributed by atoms with Gasteiger partial charge in [-0.3, -0.25) is 4.79 Å². The summed E-state index contributed by atoms with van der Waals surface area (Å²) in [5.41, 5.74) is 0. The van der Waals surface area contributed by atoms with Gasteiger partial charge in [-0.2, -0.15) is 0 Å². The SMILES string of the molecule is COC(=O)CCN(CC1CCCNC1)C(C)C. The lowest BCUT2D eigenvalue weighted by Gasteiger charge is -2.32. The number of carbonyl (C=O) groups is 1. The summed E-state index contributed by atoms with van der Waals surface area (Å²) in [4.78, 5) is 13.6. The second kappa shape index (κ2) is 7.67. The quantitative estimate of drug-likeness (QED) is 0.712. The topological polar surface area (TPSA) is 41.6 Å². The molecule has 0 spiro atoms. The highest BCUT2D eigenvalue weighted by Crippen LogP contribution is 2.13. The molecular formula is C13H26N2O2. The third-order valence-electron chi connectivity index (χ3n) is 3.45. The Kier molecular flexibility index (Phi) is 6.52. The number of methoxy groups -OCH3 is 1. The Labute approximate surface area is 105 Å². The van der Waals surface area contributed by atoms with Crippen LogP contribution in [0.2, 0.25) is 0 Å². The number of ether oxygens (including phenoxy) is 1. The molecule has 4 heteroatoms. The van der Waals surface area contributed by atoms with E-state index in [1.807, 2.05) is 0 Å². The smallest absolute Gasteiger partial charge is 0.306 e. The molecule has 0 aliphatic carbocycles. The minimum Gasteiger partial charge on any atom is -0.469 e. The fraction of sp³-hybridized carbons (Fsp3) is 0.923. The first kappa shape index (κ1) is 14.5. The van der Waals surface area contributed by atoms with Crippen LogP contribution >= 0.6 is 0 Å². The largest absolute Gasteiger partial charge is 0.469 e. The Morgan fingerprint density at radius 1 is 1.53 bits per heavy atom. The highest BCUT2D eigenvalue weighted by molar-refractivity contribution is 5.69. The number of carbonyl (C=O) groups excluding carboxylic acids is 1. The normalized spacial score (nSPS) is 20.9. The van der Waals surface area contributed by atoms with Crippen molar-refractivity contribution in [3.63, 3.8) is 0 Å². The lowest BCUT2D eigenvalue weighted by atomic mass is 9.98. The Balaban J connectivity index is 2.33. The van der Waals surface area contributed by atoms with Crippen molar-refractivity contribution in [3.05, 3.63) is 0 Å². The van der Waals surface area contributed by atoms with Gasteiger partial charge in [-0.1, -0.05) is 0 Å². The fourth-order valence-corrected chi connectivity index (χ4v) is 2.31. The molecule has 0 aromatic rings. The molecule has 17 heavy (non-hydrogen) atoms. The lowest BCUT2D eigenvalue weighted by Crippen LogP contribution is -2.42. The number of nitrogens with one attached hydrogen (secondary N) is 1. The van der Waals surface area contributed by atoms with Gasteiger partial charge in [-0.25, -0.2) is 0 Å². The molecule has 1 saturated heterocycles. The van der Waals surface area contributed by atoms with E-state index in [4.69, 9.17) is 4.74 Å². The van der Waals surface area contributed by atoms with Gasteiger partial charge < -0.3 is 15.0 Å². The third kappa shape index (κ3) is 5.50. The second-order valence-corrected chi connectivity index (χ2v) is 5.13. The van der Waals surface area contributed by atoms with Crippen molar-refractivity contribution < 1.29 is 9.53 Å². The van der Waals surface area contributed by atoms with Gasteiger partial charge in [0, 0.05) is 19.1 Å². The fourth-order valence-electron chi connectivity index (χ4n) is 2.31. The maximum Gasteiger partial charge on any atom is 0.306 e. The standard InChI is InChI=1S/C13H26N2O2/c1-11(2)15(8-6-13(16)17-3)10-12-5-4-7-14-9-12/h11-12,14H,4-10H2,1-3H3. The summed E-state index contributed by atoms with van der Waals surface area (Å²) < 4.78 is 4.69. The maximum absolute atomic E-state index is 11.2. The number of nitrogens with zero attached hydrogens (tertiary/aromatic N) is 1. The summed E-state index contributed by atoms with van der Waals surface area (Å²) in [6, 6.07) is 0.488. The highest BCUT2D eigenvalue weighted by Gasteiger charge is 2.19. The molecule has 0 amide bonds. The number of piperidine rings is 1. The Bertz CT molecular complexity index is 225. The number of hydrogen-bond donors (Lipinski definition) is 1. The summed E-state index contributed by atoms with van der Waals surface area (Å²) in [5.74, 6) is 0.612. The molecule has 1 aliphatic heterocycles. The maximum atomic E-state index is 11.2. The summed E-state index contributed by atoms with van der Waals surface area (Å²) in [6.07, 6.45) is 3.07. The Hall–Kier alpha value is -0.610. The van der Waals surface area contributed by atoms with E-state index in [-0.39, 0.29) is 5.97 Å². The zero-order valence-corrected chi connectivity index (χ0v) is 11.4. The van der Waals surface area contributed by atoms with Gasteiger partial charge in [-0.05, 0) is 45.7 Å². The van der Waals surface area contributed by atoms with E-state index in [0.29, 0.717) is 12.5 Å². The summed E-state index contributed by atoms with van der Waals surface area (Å²) in [5, 5.41) is 3.44. The van der Waals surface area contributed by atoms with Crippen molar-refractivity contribution in [2.24, 2.45) is 5.92 Å². The lowest BCUT2D eigenvalue weighted by molar-refractivity contribution is -0.141. The van der Waals surface area contributed by atoms with E-state index in [2.05, 4.69) is 24.1 Å². The average Bonchev–Trinajstić information content (AvgIpc) is 2.34. The second-order valence-electron chi connectivity index (χ2n) is 5.13. The van der Waals surface area contributed by atoms with Crippen LogP contribution in [0.5, 0.6) is 0 Å². The van der Waals surface area contributed by atoms with Crippen LogP contribution in [0.25, 0.3) is 0 Å². The molecule has 0 bridgehead atoms. The van der Waals surface area contributed by atoms with Crippen molar-refractivity contribution in [2.75, 3.05) is 33.3 Å². The van der Waals surface area contributed by atoms with Gasteiger partial charge in [0.25, 0.3) is 0 Å². The van der Waals surface area contributed by atoms with Crippen LogP contribution in [0.15, 0.2) is 0 Å². The molecule has 1 atom stereocenters. The minimum atomic E-state index is -0.114. The predicted octanol–water partition coefficient (Wildman–Crippen LogP) is 1.26. The van der Waals surface area contributed by atoms with Gasteiger partial charge in [0.15, 0.2) is 0 Å². The molecule has 1 aliphatic rings. The third-order valence-corrected chi connectivity index (χ3v) is 3.45. The summed E-state index contributed by atoms with van der Waals surface area (Å²) in [6.45, 7) is 8.53. The van der Waals surface area contributed by atoms with Crippen molar-refractivity contribution in [3.8, 4) is 0 Å². The molecule has 1 fully saturated rings. The highest BCUT2D eigenvalue weighted by atomic mass is 16.5. The Morgan fingerprint density at radius 2 is 2.29 bits per heavy atom. The van der Waals surface area contributed by atoms with Crippen molar-refractivity contribution in [2.45, 2.75) is 39.2 Å². The van der Waals surface area contributed by atoms with Gasteiger partial charge in [0.2, 0.25) is 0 Å². The van der Waals surface area contributed by atoms with Gasteiger partial charge in [-0.15, -0.1) is 0 Å². The number of esters is 1. The van der Waals surface area contributed by atoms with E-state index in [1.165, 1.54) is 20.0 Å². The van der Waals surface area contributed by atoms with Crippen LogP contribution in [0, 0.1) is 5.92 Å². The minimum absolute atomic E-state index is 0.114. The molecule has 0 aromatic carbocycles. The molecule has 1 N–H and O–H groups in total. The van der Waals surface area contributed by atoms with Crippen LogP contribution < -0.4 is 5.32 Å². The van der Waals surface area contributed by atoms with Gasteiger partial charge in [0.1, 0.15) is 0 Å². The van der Waals surface area contributed by atoms with Crippen LogP contribution in [0.4, 0.5) is 0 Å². The van der Waals surface area contributed by atoms with Gasteiger partial charge in [0.05, 0.1) is 13.5 Å². The van der Waals surface area contributed by atoms with E-state index < -0.39 is 0 Å². The van der Waals surface area contributed by atoms with E-state index in [0.717, 1.165) is 32.1 Å². The molecule has 0 aromatic heterocycles. The zero-order valence-electron chi connectivity index (χ0n) is 11.4. The van der Waals surface area contributed by atoms with E-state index in [9.17, 15) is 4.79 Å². The Morgan fingerprint density at radius 3 is 2.82 bits per heavy atom. The molecular weight excluding hydrogens is 216 g/mol. The molecule has 4 nitrogen and oxygen atoms in total. The molecule has 1 unspecified atom stereocenters. The molecule has 0 radical (unpaired) electrons. The first-order valence-corrected chi connectivity index (χ1v) is 6.65. The zero-order chi connectivity index (χ0) is 12.7. The molecule has 100 valence electrons. The van der Waals surface area contributed by atoms with Crippen molar-refractivity contribution in [1.29, 1.82) is 0 Å². The first-order valence-electron chi connectivity index (χ1n) is 6.65. The molecule has 0 saturated carbocycles. The molecule has 1 rings (SSSR count). The van der Waals surface area contributed by atoms with Crippen LogP contribution in [0.1, 0.15) is 33.1 Å². The summed E-state index contributed by atoms with van der Waals surface area (Å²) in [7, 11) is 1.45. The number of hydrogen-bond acceptors (Lipinski definition) is 4. The number of rotatable bonds is 6. The van der Waals surface area contributed by atoms with Crippen molar-refractivity contribution >= 4 is 5.97 Å². The monoisotopic (exact) mass is 242 g/mol. The summed E-state index contributed by atoms with van der Waals surface area (Å²) >= 11 is 0. The van der Waals surface area contributed by atoms with E-state index >= 15 is 0 Å². The van der Waals surface area contributed by atoms with Crippen LogP contribution in [-0.2, 0) is 9.53 Å². The van der Waals surface area contributed by atoms with Crippen LogP contribution in [-0.4, -0.2) is 50.2 Å².